The Morgan fingerprint density at radius 1 is 1.13 bits per heavy atom. The molecular weight excluding hydrogens is 686 g/mol. The van der Waals surface area contributed by atoms with Crippen LogP contribution in [0.3, 0.4) is 0 Å². The molecule has 5 rings (SSSR count). The number of aliphatic hydroxyl groups is 1. The third-order valence-electron chi connectivity index (χ3n) is 10.4. The maximum absolute atomic E-state index is 12.7. The summed E-state index contributed by atoms with van der Waals surface area (Å²) in [5.41, 5.74) is 4.96. The minimum absolute atomic E-state index is 0.00543. The van der Waals surface area contributed by atoms with Crippen LogP contribution in [-0.2, 0) is 31.9 Å². The van der Waals surface area contributed by atoms with E-state index in [2.05, 4.69) is 54.7 Å². The number of nitrogens with zero attached hydrogens (tertiary/aromatic N) is 5. The molecule has 1 amide bonds. The summed E-state index contributed by atoms with van der Waals surface area (Å²) in [5.74, 6) is 0.825. The summed E-state index contributed by atoms with van der Waals surface area (Å²) < 4.78 is 12.2. The van der Waals surface area contributed by atoms with Crippen molar-refractivity contribution >= 4 is 29.9 Å². The van der Waals surface area contributed by atoms with E-state index in [1.807, 2.05) is 19.2 Å². The first-order chi connectivity index (χ1) is 26.2. The normalized spacial score (nSPS) is 16.5. The van der Waals surface area contributed by atoms with Crippen molar-refractivity contribution in [1.29, 1.82) is 0 Å². The Labute approximate surface area is 319 Å². The van der Waals surface area contributed by atoms with E-state index < -0.39 is 6.10 Å². The Morgan fingerprint density at radius 3 is 2.69 bits per heavy atom. The van der Waals surface area contributed by atoms with Gasteiger partial charge in [0, 0.05) is 77.4 Å². The molecule has 2 aromatic carbocycles. The number of allylic oxidation sites excluding steroid dienone is 1. The number of carbonyl (C=O) groups excluding carboxylic acids is 2. The standard InChI is InChI=1S/C41H57N7O6/c1-31-11-17-44-40(45-31)48-23-27-54-41(30-48)15-20-47(21-16-41)19-12-32-6-4-7-33(28-32)13-25-53-26-14-38(52)46(3)22-18-43-29-37(51)34-9-10-36(50)39(42-2)35(34)8-5-24-49/h4-11,17,24,28,37,42-43,50-51H,12-16,18-23,25-27,29-30H2,1-3H3/b8-5-. The van der Waals surface area contributed by atoms with Gasteiger partial charge in [0.1, 0.15) is 12.0 Å². The van der Waals surface area contributed by atoms with Crippen molar-refractivity contribution in [3.8, 4) is 5.75 Å². The molecule has 1 atom stereocenters. The molecule has 0 radical (unpaired) electrons. The number of morpholine rings is 1. The number of phenols is 1. The lowest BCUT2D eigenvalue weighted by Gasteiger charge is -2.47. The molecule has 3 heterocycles. The minimum Gasteiger partial charge on any atom is -0.506 e. The van der Waals surface area contributed by atoms with Gasteiger partial charge in [-0.2, -0.15) is 0 Å². The van der Waals surface area contributed by atoms with E-state index >= 15 is 0 Å². The number of phenolic OH excluding ortho intramolecular Hbond substituents is 1. The van der Waals surface area contributed by atoms with Gasteiger partial charge in [-0.15, -0.1) is 0 Å². The molecule has 2 saturated heterocycles. The number of aryl methyl sites for hydroxylation is 1. The van der Waals surface area contributed by atoms with Crippen LogP contribution in [0, 0.1) is 6.92 Å². The Morgan fingerprint density at radius 2 is 1.93 bits per heavy atom. The van der Waals surface area contributed by atoms with Crippen LogP contribution in [0.4, 0.5) is 11.6 Å². The number of ether oxygens (including phenoxy) is 2. The number of piperidine rings is 1. The Kier molecular flexibility index (Phi) is 15.4. The van der Waals surface area contributed by atoms with Crippen molar-refractivity contribution in [2.45, 2.75) is 50.7 Å². The number of hydrogen-bond donors (Lipinski definition) is 4. The summed E-state index contributed by atoms with van der Waals surface area (Å²) in [5, 5.41) is 27.1. The predicted octanol–water partition coefficient (Wildman–Crippen LogP) is 3.39. The molecule has 54 heavy (non-hydrogen) atoms. The Bertz CT molecular complexity index is 1700. The zero-order valence-corrected chi connectivity index (χ0v) is 32.0. The number of likely N-dealkylation sites (N-methyl/N-ethyl adjacent to an activating group) is 1. The van der Waals surface area contributed by atoms with Crippen molar-refractivity contribution in [2.24, 2.45) is 0 Å². The van der Waals surface area contributed by atoms with Gasteiger partial charge in [-0.3, -0.25) is 9.59 Å². The van der Waals surface area contributed by atoms with Gasteiger partial charge in [0.25, 0.3) is 0 Å². The number of anilines is 2. The fraction of sp³-hybridized carbons (Fsp3) is 0.512. The van der Waals surface area contributed by atoms with Crippen LogP contribution in [0.25, 0.3) is 6.08 Å². The smallest absolute Gasteiger partial charge is 0.225 e. The Hall–Kier alpha value is -4.40. The molecule has 0 bridgehead atoms. The predicted molar refractivity (Wildman–Crippen MR) is 211 cm³/mol. The largest absolute Gasteiger partial charge is 0.506 e. The number of nitrogens with one attached hydrogen (secondary N) is 2. The van der Waals surface area contributed by atoms with Crippen molar-refractivity contribution < 1.29 is 29.3 Å². The zero-order chi connectivity index (χ0) is 38.3. The molecule has 1 spiro atoms. The van der Waals surface area contributed by atoms with Crippen LogP contribution < -0.4 is 15.5 Å². The van der Waals surface area contributed by atoms with Crippen molar-refractivity contribution in [3.05, 3.63) is 82.7 Å². The highest BCUT2D eigenvalue weighted by molar-refractivity contribution is 5.81. The van der Waals surface area contributed by atoms with E-state index in [4.69, 9.17) is 9.47 Å². The van der Waals surface area contributed by atoms with Crippen LogP contribution in [-0.4, -0.2) is 134 Å². The van der Waals surface area contributed by atoms with E-state index in [0.29, 0.717) is 62.4 Å². The highest BCUT2D eigenvalue weighted by Gasteiger charge is 2.40. The first-order valence-corrected chi connectivity index (χ1v) is 19.0. The number of hydrogen-bond acceptors (Lipinski definition) is 12. The van der Waals surface area contributed by atoms with Gasteiger partial charge in [-0.25, -0.2) is 9.97 Å². The molecule has 292 valence electrons. The summed E-state index contributed by atoms with van der Waals surface area (Å²) in [7, 11) is 3.42. The van der Waals surface area contributed by atoms with E-state index in [-0.39, 0.29) is 23.8 Å². The van der Waals surface area contributed by atoms with Gasteiger partial charge in [-0.05, 0) is 73.6 Å². The summed E-state index contributed by atoms with van der Waals surface area (Å²) in [6, 6.07) is 13.8. The van der Waals surface area contributed by atoms with Crippen LogP contribution in [0.1, 0.15) is 53.3 Å². The molecule has 3 aromatic rings. The number of likely N-dealkylation sites (tertiary alicyclic amines) is 1. The molecule has 0 saturated carbocycles. The lowest BCUT2D eigenvalue weighted by atomic mass is 9.89. The number of aromatic nitrogens is 2. The minimum atomic E-state index is -0.882. The summed E-state index contributed by atoms with van der Waals surface area (Å²) in [6.45, 7) is 9.55. The average molecular weight is 744 g/mol. The van der Waals surface area contributed by atoms with Gasteiger partial charge in [0.15, 0.2) is 0 Å². The molecule has 1 unspecified atom stereocenters. The number of aldehydes is 1. The highest BCUT2D eigenvalue weighted by Crippen LogP contribution is 2.34. The average Bonchev–Trinajstić information content (AvgIpc) is 3.18. The first kappa shape index (κ1) is 40.8. The van der Waals surface area contributed by atoms with Crippen LogP contribution >= 0.6 is 0 Å². The molecule has 4 N–H and O–H groups in total. The van der Waals surface area contributed by atoms with E-state index in [1.165, 1.54) is 23.3 Å². The number of amides is 1. The molecule has 13 heteroatoms. The first-order valence-electron chi connectivity index (χ1n) is 19.0. The molecule has 2 aliphatic rings. The monoisotopic (exact) mass is 743 g/mol. The van der Waals surface area contributed by atoms with Crippen LogP contribution in [0.15, 0.2) is 54.7 Å². The quantitative estimate of drug-likeness (QED) is 0.0617. The highest BCUT2D eigenvalue weighted by atomic mass is 16.5. The zero-order valence-electron chi connectivity index (χ0n) is 32.0. The molecule has 1 aromatic heterocycles. The van der Waals surface area contributed by atoms with Gasteiger partial charge in [0.2, 0.25) is 11.9 Å². The lowest BCUT2D eigenvalue weighted by molar-refractivity contribution is -0.131. The number of aliphatic hydroxyl groups excluding tert-OH is 1. The SMILES string of the molecule is CNc1c(O)ccc(C(O)CNCCN(C)C(=O)CCOCCc2cccc(CCN3CCC4(CC3)CN(c3nccc(C)n3)CCO4)c2)c1/C=C\C=O. The van der Waals surface area contributed by atoms with Crippen LogP contribution in [0.5, 0.6) is 5.75 Å². The maximum Gasteiger partial charge on any atom is 0.225 e. The van der Waals surface area contributed by atoms with E-state index in [0.717, 1.165) is 70.0 Å². The molecule has 2 aliphatic heterocycles. The number of rotatable bonds is 19. The van der Waals surface area contributed by atoms with E-state index in [1.54, 1.807) is 31.1 Å². The topological polar surface area (TPSA) is 153 Å². The molecule has 0 aliphatic carbocycles. The fourth-order valence-electron chi connectivity index (χ4n) is 7.17. The molecule has 2 fully saturated rings. The summed E-state index contributed by atoms with van der Waals surface area (Å²) in [4.78, 5) is 39.2. The van der Waals surface area contributed by atoms with E-state index in [9.17, 15) is 19.8 Å². The number of carbonyl (C=O) groups is 2. The van der Waals surface area contributed by atoms with Crippen molar-refractivity contribution in [1.82, 2.24) is 25.1 Å². The maximum atomic E-state index is 12.7. The van der Waals surface area contributed by atoms with Gasteiger partial charge >= 0.3 is 0 Å². The number of benzene rings is 2. The van der Waals surface area contributed by atoms with Gasteiger partial charge < -0.3 is 45.0 Å². The third kappa shape index (κ3) is 11.6. The van der Waals surface area contributed by atoms with Crippen LogP contribution in [0.2, 0.25) is 0 Å². The second-order valence-corrected chi connectivity index (χ2v) is 14.2. The van der Waals surface area contributed by atoms with Gasteiger partial charge in [-0.1, -0.05) is 30.3 Å². The molecule has 13 nitrogen and oxygen atoms in total. The summed E-state index contributed by atoms with van der Waals surface area (Å²) in [6.07, 6.45) is 8.57. The Balaban J connectivity index is 0.945. The summed E-state index contributed by atoms with van der Waals surface area (Å²) >= 11 is 0. The second-order valence-electron chi connectivity index (χ2n) is 14.2. The number of aromatic hydroxyl groups is 1. The van der Waals surface area contributed by atoms with Crippen molar-refractivity contribution in [3.63, 3.8) is 0 Å². The second kappa shape index (κ2) is 20.3. The fourth-order valence-corrected chi connectivity index (χ4v) is 7.17. The van der Waals surface area contributed by atoms with Gasteiger partial charge in [0.05, 0.1) is 50.2 Å². The lowest BCUT2D eigenvalue weighted by Crippen LogP contribution is -2.57. The third-order valence-corrected chi connectivity index (χ3v) is 10.4. The van der Waals surface area contributed by atoms with Crippen molar-refractivity contribution in [2.75, 3.05) is 96.5 Å². The molecular formula is C41H57N7O6.